The van der Waals surface area contributed by atoms with Gasteiger partial charge in [0.1, 0.15) is 0 Å². The molecule has 1 aromatic heterocycles. The molecule has 0 aliphatic carbocycles. The summed E-state index contributed by atoms with van der Waals surface area (Å²) in [6.45, 7) is 0. The minimum Gasteiger partial charge on any atom is -0.465 e. The lowest BCUT2D eigenvalue weighted by Gasteiger charge is -2.10. The van der Waals surface area contributed by atoms with Crippen LogP contribution in [0.5, 0.6) is 0 Å². The summed E-state index contributed by atoms with van der Waals surface area (Å²) in [7, 11) is 1.31. The van der Waals surface area contributed by atoms with Gasteiger partial charge in [-0.3, -0.25) is 4.79 Å². The SMILES string of the molecule is COC(=O)c1cc(Br)ccc1NC(=O)Cc1cccs1. The van der Waals surface area contributed by atoms with Gasteiger partial charge in [-0.1, -0.05) is 22.0 Å². The molecule has 0 saturated heterocycles. The van der Waals surface area contributed by atoms with Gasteiger partial charge < -0.3 is 10.1 Å². The molecular formula is C14H12BrNO3S. The predicted octanol–water partition coefficient (Wildman–Crippen LogP) is 3.48. The summed E-state index contributed by atoms with van der Waals surface area (Å²) in [4.78, 5) is 24.6. The summed E-state index contributed by atoms with van der Waals surface area (Å²) in [5.74, 6) is -0.655. The zero-order chi connectivity index (χ0) is 14.5. The normalized spacial score (nSPS) is 10.1. The van der Waals surface area contributed by atoms with Gasteiger partial charge in [0.25, 0.3) is 0 Å². The third-order valence-corrected chi connectivity index (χ3v) is 3.95. The number of methoxy groups -OCH3 is 1. The maximum Gasteiger partial charge on any atom is 0.340 e. The van der Waals surface area contributed by atoms with Gasteiger partial charge in [-0.2, -0.15) is 0 Å². The van der Waals surface area contributed by atoms with Crippen molar-refractivity contribution >= 4 is 44.8 Å². The lowest BCUT2D eigenvalue weighted by Crippen LogP contribution is -2.16. The molecule has 6 heteroatoms. The number of carbonyl (C=O) groups is 2. The monoisotopic (exact) mass is 353 g/mol. The van der Waals surface area contributed by atoms with E-state index in [2.05, 4.69) is 21.2 Å². The van der Waals surface area contributed by atoms with Gasteiger partial charge in [0, 0.05) is 9.35 Å². The quantitative estimate of drug-likeness (QED) is 0.856. The number of thiophene rings is 1. The van der Waals surface area contributed by atoms with Crippen molar-refractivity contribution in [2.45, 2.75) is 6.42 Å². The Morgan fingerprint density at radius 3 is 2.80 bits per heavy atom. The molecule has 0 aliphatic rings. The highest BCUT2D eigenvalue weighted by molar-refractivity contribution is 9.10. The van der Waals surface area contributed by atoms with Crippen LogP contribution < -0.4 is 5.32 Å². The first kappa shape index (κ1) is 14.7. The van der Waals surface area contributed by atoms with Crippen molar-refractivity contribution in [1.29, 1.82) is 0 Å². The lowest BCUT2D eigenvalue weighted by molar-refractivity contribution is -0.115. The van der Waals surface area contributed by atoms with Gasteiger partial charge in [-0.05, 0) is 29.6 Å². The first-order valence-corrected chi connectivity index (χ1v) is 7.47. The Morgan fingerprint density at radius 1 is 1.35 bits per heavy atom. The minimum atomic E-state index is -0.488. The van der Waals surface area contributed by atoms with Crippen LogP contribution in [-0.4, -0.2) is 19.0 Å². The molecule has 0 atom stereocenters. The van der Waals surface area contributed by atoms with Gasteiger partial charge in [0.05, 0.1) is 24.8 Å². The molecule has 104 valence electrons. The van der Waals surface area contributed by atoms with Crippen LogP contribution in [-0.2, 0) is 16.0 Å². The van der Waals surface area contributed by atoms with Crippen molar-refractivity contribution < 1.29 is 14.3 Å². The average Bonchev–Trinajstić information content (AvgIpc) is 2.92. The third-order valence-electron chi connectivity index (χ3n) is 2.58. The van der Waals surface area contributed by atoms with Crippen molar-refractivity contribution in [3.8, 4) is 0 Å². The molecule has 4 nitrogen and oxygen atoms in total. The molecule has 0 aliphatic heterocycles. The Bertz CT molecular complexity index is 625. The number of carbonyl (C=O) groups excluding carboxylic acids is 2. The molecule has 0 radical (unpaired) electrons. The number of benzene rings is 1. The van der Waals surface area contributed by atoms with Crippen molar-refractivity contribution in [3.63, 3.8) is 0 Å². The second kappa shape index (κ2) is 6.67. The standard InChI is InChI=1S/C14H12BrNO3S/c1-19-14(18)11-7-9(15)4-5-12(11)16-13(17)8-10-3-2-6-20-10/h2-7H,8H2,1H3,(H,16,17). The molecule has 1 amide bonds. The van der Waals surface area contributed by atoms with Crippen LogP contribution in [0.1, 0.15) is 15.2 Å². The van der Waals surface area contributed by atoms with Crippen molar-refractivity contribution in [2.24, 2.45) is 0 Å². The summed E-state index contributed by atoms with van der Waals surface area (Å²) in [5, 5.41) is 4.66. The number of amides is 1. The molecule has 1 N–H and O–H groups in total. The van der Waals surface area contributed by atoms with E-state index >= 15 is 0 Å². The molecule has 20 heavy (non-hydrogen) atoms. The van der Waals surface area contributed by atoms with Gasteiger partial charge in [0.2, 0.25) is 5.91 Å². The molecule has 0 spiro atoms. The first-order chi connectivity index (χ1) is 9.60. The Balaban J connectivity index is 2.16. The van der Waals surface area contributed by atoms with Crippen LogP contribution in [0.3, 0.4) is 0 Å². The fourth-order valence-corrected chi connectivity index (χ4v) is 2.73. The molecule has 1 aromatic carbocycles. The van der Waals surface area contributed by atoms with Gasteiger partial charge in [-0.25, -0.2) is 4.79 Å². The van der Waals surface area contributed by atoms with Crippen LogP contribution in [0.2, 0.25) is 0 Å². The van der Waals surface area contributed by atoms with E-state index in [9.17, 15) is 9.59 Å². The van der Waals surface area contributed by atoms with Crippen LogP contribution in [0, 0.1) is 0 Å². The summed E-state index contributed by atoms with van der Waals surface area (Å²) >= 11 is 4.81. The highest BCUT2D eigenvalue weighted by Crippen LogP contribution is 2.22. The zero-order valence-electron chi connectivity index (χ0n) is 10.7. The molecule has 0 saturated carbocycles. The van der Waals surface area contributed by atoms with Crippen LogP contribution in [0.4, 0.5) is 5.69 Å². The van der Waals surface area contributed by atoms with Crippen LogP contribution in [0.15, 0.2) is 40.2 Å². The van der Waals surface area contributed by atoms with Crippen LogP contribution in [0.25, 0.3) is 0 Å². The number of esters is 1. The topological polar surface area (TPSA) is 55.4 Å². The Labute approximate surface area is 128 Å². The zero-order valence-corrected chi connectivity index (χ0v) is 13.1. The number of halogens is 1. The summed E-state index contributed by atoms with van der Waals surface area (Å²) < 4.78 is 5.45. The molecule has 0 fully saturated rings. The van der Waals surface area contributed by atoms with E-state index in [4.69, 9.17) is 4.74 Å². The number of rotatable bonds is 4. The van der Waals surface area contributed by atoms with E-state index in [-0.39, 0.29) is 12.3 Å². The molecule has 0 bridgehead atoms. The molecule has 0 unspecified atom stereocenters. The molecular weight excluding hydrogens is 342 g/mol. The number of hydrogen-bond acceptors (Lipinski definition) is 4. The fourth-order valence-electron chi connectivity index (χ4n) is 1.67. The van der Waals surface area contributed by atoms with Crippen LogP contribution >= 0.6 is 27.3 Å². The number of anilines is 1. The molecule has 1 heterocycles. The van der Waals surface area contributed by atoms with Crippen molar-refractivity contribution in [2.75, 3.05) is 12.4 Å². The van der Waals surface area contributed by atoms with E-state index in [1.54, 1.807) is 18.2 Å². The first-order valence-electron chi connectivity index (χ1n) is 5.80. The Hall–Kier alpha value is -1.66. The van der Waals surface area contributed by atoms with Gasteiger partial charge in [-0.15, -0.1) is 11.3 Å². The second-order valence-electron chi connectivity index (χ2n) is 3.99. The van der Waals surface area contributed by atoms with Crippen molar-refractivity contribution in [1.82, 2.24) is 0 Å². The van der Waals surface area contributed by atoms with Crippen molar-refractivity contribution in [3.05, 3.63) is 50.6 Å². The highest BCUT2D eigenvalue weighted by Gasteiger charge is 2.14. The van der Waals surface area contributed by atoms with Gasteiger partial charge >= 0.3 is 5.97 Å². The maximum atomic E-state index is 12.0. The fraction of sp³-hybridized carbons (Fsp3) is 0.143. The smallest absolute Gasteiger partial charge is 0.340 e. The summed E-state index contributed by atoms with van der Waals surface area (Å²) in [5.41, 5.74) is 0.767. The number of nitrogens with one attached hydrogen (secondary N) is 1. The number of hydrogen-bond donors (Lipinski definition) is 1. The van der Waals surface area contributed by atoms with E-state index in [0.717, 1.165) is 9.35 Å². The summed E-state index contributed by atoms with van der Waals surface area (Å²) in [6, 6.07) is 8.84. The van der Waals surface area contributed by atoms with E-state index in [1.165, 1.54) is 18.4 Å². The molecule has 2 rings (SSSR count). The largest absolute Gasteiger partial charge is 0.465 e. The van der Waals surface area contributed by atoms with E-state index in [1.807, 2.05) is 17.5 Å². The number of ether oxygens (including phenoxy) is 1. The molecule has 2 aromatic rings. The van der Waals surface area contributed by atoms with Gasteiger partial charge in [0.15, 0.2) is 0 Å². The Morgan fingerprint density at radius 2 is 2.15 bits per heavy atom. The Kier molecular flexibility index (Phi) is 4.92. The third kappa shape index (κ3) is 3.68. The van der Waals surface area contributed by atoms with E-state index < -0.39 is 5.97 Å². The minimum absolute atomic E-state index is 0.167. The lowest BCUT2D eigenvalue weighted by atomic mass is 10.1. The highest BCUT2D eigenvalue weighted by atomic mass is 79.9. The maximum absolute atomic E-state index is 12.0. The summed E-state index contributed by atoms with van der Waals surface area (Å²) in [6.07, 6.45) is 0.286. The second-order valence-corrected chi connectivity index (χ2v) is 5.93. The van der Waals surface area contributed by atoms with E-state index in [0.29, 0.717) is 11.3 Å². The predicted molar refractivity (Wildman–Crippen MR) is 82.1 cm³/mol. The average molecular weight is 354 g/mol.